The quantitative estimate of drug-likeness (QED) is 0.575. The molecule has 8 heteroatoms. The Balaban J connectivity index is 1.63. The molecular weight excluding hydrogens is 450 g/mol. The van der Waals surface area contributed by atoms with Crippen molar-refractivity contribution in [2.24, 2.45) is 0 Å². The van der Waals surface area contributed by atoms with Crippen LogP contribution in [0.1, 0.15) is 11.1 Å². The van der Waals surface area contributed by atoms with Crippen LogP contribution in [-0.4, -0.2) is 42.6 Å². The molecule has 2 unspecified atom stereocenters. The molecule has 3 rings (SSSR count). The zero-order valence-electron chi connectivity index (χ0n) is 16.6. The molecule has 0 bridgehead atoms. The summed E-state index contributed by atoms with van der Waals surface area (Å²) in [4.78, 5) is 32.3. The predicted octanol–water partition coefficient (Wildman–Crippen LogP) is 3.12. The second-order valence-corrected chi connectivity index (χ2v) is 7.79. The lowest BCUT2D eigenvalue weighted by Crippen LogP contribution is -2.50. The maximum atomic E-state index is 13.1. The van der Waals surface area contributed by atoms with Crippen LogP contribution in [-0.2, 0) is 27.4 Å². The fourth-order valence-corrected chi connectivity index (χ4v) is 3.42. The van der Waals surface area contributed by atoms with E-state index in [9.17, 15) is 9.59 Å². The molecule has 2 N–H and O–H groups in total. The molecule has 30 heavy (non-hydrogen) atoms. The Bertz CT molecular complexity index is 876. The third-order valence-electron chi connectivity index (χ3n) is 4.56. The van der Waals surface area contributed by atoms with Crippen LogP contribution in [0, 0.1) is 0 Å². The van der Waals surface area contributed by atoms with Crippen molar-refractivity contribution in [3.63, 3.8) is 0 Å². The maximum absolute atomic E-state index is 13.1. The van der Waals surface area contributed by atoms with Gasteiger partial charge in [-0.1, -0.05) is 60.7 Å². The molecule has 1 aliphatic heterocycles. The smallest absolute Gasteiger partial charge is 0.408 e. The van der Waals surface area contributed by atoms with E-state index in [1.165, 1.54) is 0 Å². The first-order valence-electron chi connectivity index (χ1n) is 9.56. The summed E-state index contributed by atoms with van der Waals surface area (Å²) in [5.41, 5.74) is 4.51. The van der Waals surface area contributed by atoms with Crippen molar-refractivity contribution in [2.45, 2.75) is 25.2 Å². The highest BCUT2D eigenvalue weighted by Crippen LogP contribution is 2.14. The number of nitrogens with zero attached hydrogens (tertiary/aromatic N) is 1. The number of hydroxylamine groups is 1. The number of nitrogens with one attached hydrogen (secondary N) is 2. The lowest BCUT2D eigenvalue weighted by atomic mass is 10.0. The summed E-state index contributed by atoms with van der Waals surface area (Å²) >= 11 is 3.30. The third-order valence-corrected chi connectivity index (χ3v) is 4.98. The normalized spacial score (nSPS) is 16.2. The van der Waals surface area contributed by atoms with Crippen molar-refractivity contribution < 1.29 is 19.2 Å². The number of carbonyl (C=O) groups excluding carboxylic acids is 2. The van der Waals surface area contributed by atoms with Crippen molar-refractivity contribution in [1.29, 1.82) is 0 Å². The Morgan fingerprint density at radius 1 is 1.13 bits per heavy atom. The molecule has 2 aromatic carbocycles. The zero-order chi connectivity index (χ0) is 21.3. The van der Waals surface area contributed by atoms with Gasteiger partial charge in [0.2, 0.25) is 5.91 Å². The van der Waals surface area contributed by atoms with E-state index in [-0.39, 0.29) is 18.6 Å². The van der Waals surface area contributed by atoms with E-state index < -0.39 is 12.1 Å². The minimum absolute atomic E-state index is 0.134. The van der Waals surface area contributed by atoms with Crippen LogP contribution in [0.3, 0.4) is 0 Å². The number of rotatable bonds is 8. The molecule has 0 aliphatic carbocycles. The van der Waals surface area contributed by atoms with E-state index in [1.54, 1.807) is 11.9 Å². The molecule has 0 saturated carbocycles. The van der Waals surface area contributed by atoms with E-state index in [1.807, 2.05) is 66.7 Å². The number of alkyl carbamates (subject to hydrolysis) is 1. The number of likely N-dealkylation sites (N-methyl/N-ethyl adjacent to an activating group) is 1. The molecule has 2 aromatic rings. The number of hydrogen-bond donors (Lipinski definition) is 2. The number of amides is 2. The minimum atomic E-state index is -0.762. The van der Waals surface area contributed by atoms with Gasteiger partial charge in [0.1, 0.15) is 23.4 Å². The largest absolute Gasteiger partial charge is 0.445 e. The summed E-state index contributed by atoms with van der Waals surface area (Å²) in [5.74, 6) is -0.226. The van der Waals surface area contributed by atoms with Crippen LogP contribution in [0.25, 0.3) is 0 Å². The number of hydrogen-bond acceptors (Lipinski definition) is 5. The van der Waals surface area contributed by atoms with E-state index in [0.29, 0.717) is 13.0 Å². The van der Waals surface area contributed by atoms with Gasteiger partial charge in [0.05, 0.1) is 6.54 Å². The number of ether oxygens (including phenoxy) is 1. The molecular formula is C22H24BrN3O4. The molecule has 158 valence electrons. The third kappa shape index (κ3) is 6.60. The summed E-state index contributed by atoms with van der Waals surface area (Å²) in [7, 11) is 1.68. The molecule has 2 atom stereocenters. The molecule has 0 radical (unpaired) electrons. The molecule has 1 aliphatic rings. The SMILES string of the molecule is CN(CC1C=C(Br)NO1)C(=O)C(Cc1ccccc1)NC(=O)OCc1ccccc1. The first kappa shape index (κ1) is 21.9. The van der Waals surface area contributed by atoms with Crippen molar-refractivity contribution in [3.05, 3.63) is 82.5 Å². The lowest BCUT2D eigenvalue weighted by Gasteiger charge is -2.25. The molecule has 7 nitrogen and oxygen atoms in total. The Morgan fingerprint density at radius 2 is 1.77 bits per heavy atom. The summed E-state index contributed by atoms with van der Waals surface area (Å²) in [6.45, 7) is 0.474. The fraction of sp³-hybridized carbons (Fsp3) is 0.273. The summed E-state index contributed by atoms with van der Waals surface area (Å²) in [6, 6.07) is 18.2. The van der Waals surface area contributed by atoms with Gasteiger partial charge in [-0.25, -0.2) is 4.79 Å². The molecule has 0 saturated heterocycles. The Labute approximate surface area is 184 Å². The van der Waals surface area contributed by atoms with Gasteiger partial charge in [0.15, 0.2) is 0 Å². The Morgan fingerprint density at radius 3 is 2.37 bits per heavy atom. The zero-order valence-corrected chi connectivity index (χ0v) is 18.2. The van der Waals surface area contributed by atoms with Crippen molar-refractivity contribution in [3.8, 4) is 0 Å². The molecule has 0 spiro atoms. The standard InChI is InChI=1S/C22H24BrN3O4/c1-26(14-18-13-20(23)25-30-18)21(27)19(12-16-8-4-2-5-9-16)24-22(28)29-15-17-10-6-3-7-11-17/h2-11,13,18-19,25H,12,14-15H2,1H3,(H,24,28). The Kier molecular flexibility index (Phi) is 7.87. The average molecular weight is 474 g/mol. The van der Waals surface area contributed by atoms with E-state index in [4.69, 9.17) is 9.57 Å². The number of halogens is 1. The number of carbonyl (C=O) groups is 2. The van der Waals surface area contributed by atoms with Gasteiger partial charge >= 0.3 is 6.09 Å². The average Bonchev–Trinajstić information content (AvgIpc) is 3.17. The molecule has 0 fully saturated rings. The van der Waals surface area contributed by atoms with Crippen LogP contribution in [0.5, 0.6) is 0 Å². The van der Waals surface area contributed by atoms with E-state index in [0.717, 1.165) is 15.7 Å². The van der Waals surface area contributed by atoms with Gasteiger partial charge in [-0.05, 0) is 33.1 Å². The van der Waals surface area contributed by atoms with Crippen molar-refractivity contribution in [1.82, 2.24) is 15.7 Å². The Hall–Kier alpha value is -2.84. The minimum Gasteiger partial charge on any atom is -0.445 e. The van der Waals surface area contributed by atoms with Crippen LogP contribution in [0.15, 0.2) is 71.3 Å². The highest BCUT2D eigenvalue weighted by atomic mass is 79.9. The van der Waals surface area contributed by atoms with Crippen LogP contribution < -0.4 is 10.8 Å². The van der Waals surface area contributed by atoms with E-state index in [2.05, 4.69) is 26.7 Å². The molecule has 0 aromatic heterocycles. The van der Waals surface area contributed by atoms with Crippen molar-refractivity contribution in [2.75, 3.05) is 13.6 Å². The summed E-state index contributed by atoms with van der Waals surface area (Å²) in [6.07, 6.45) is 1.27. The summed E-state index contributed by atoms with van der Waals surface area (Å²) in [5, 5.41) is 2.72. The van der Waals surface area contributed by atoms with Gasteiger partial charge in [-0.2, -0.15) is 0 Å². The fourth-order valence-electron chi connectivity index (χ4n) is 3.04. The predicted molar refractivity (Wildman–Crippen MR) is 116 cm³/mol. The van der Waals surface area contributed by atoms with Gasteiger partial charge in [0.25, 0.3) is 0 Å². The molecule has 2 amide bonds. The monoisotopic (exact) mass is 473 g/mol. The first-order valence-corrected chi connectivity index (χ1v) is 10.4. The lowest BCUT2D eigenvalue weighted by molar-refractivity contribution is -0.133. The van der Waals surface area contributed by atoms with Crippen LogP contribution in [0.2, 0.25) is 0 Å². The molecule has 1 heterocycles. The van der Waals surface area contributed by atoms with Gasteiger partial charge in [-0.15, -0.1) is 0 Å². The summed E-state index contributed by atoms with van der Waals surface area (Å²) < 4.78 is 6.02. The topological polar surface area (TPSA) is 79.9 Å². The van der Waals surface area contributed by atoms with Gasteiger partial charge < -0.3 is 15.0 Å². The van der Waals surface area contributed by atoms with Gasteiger partial charge in [-0.3, -0.25) is 15.1 Å². The maximum Gasteiger partial charge on any atom is 0.408 e. The van der Waals surface area contributed by atoms with E-state index >= 15 is 0 Å². The second-order valence-electron chi connectivity index (χ2n) is 6.94. The second kappa shape index (κ2) is 10.8. The highest BCUT2D eigenvalue weighted by molar-refractivity contribution is 9.11. The van der Waals surface area contributed by atoms with Crippen LogP contribution >= 0.6 is 15.9 Å². The highest BCUT2D eigenvalue weighted by Gasteiger charge is 2.27. The first-order chi connectivity index (χ1) is 14.5. The van der Waals surface area contributed by atoms with Gasteiger partial charge in [0, 0.05) is 13.5 Å². The number of benzene rings is 2. The van der Waals surface area contributed by atoms with Crippen molar-refractivity contribution >= 4 is 27.9 Å². The van der Waals surface area contributed by atoms with Crippen LogP contribution in [0.4, 0.5) is 4.79 Å².